The van der Waals surface area contributed by atoms with Gasteiger partial charge in [-0.1, -0.05) is 37.6 Å². The molecule has 1 heterocycles. The van der Waals surface area contributed by atoms with Crippen molar-refractivity contribution in [2.75, 3.05) is 12.3 Å². The Morgan fingerprint density at radius 2 is 1.93 bits per heavy atom. The van der Waals surface area contributed by atoms with Crippen molar-refractivity contribution < 1.29 is 34.0 Å². The molecule has 7 rings (SSSR count). The number of hydrogen-bond donors (Lipinski definition) is 3. The van der Waals surface area contributed by atoms with Crippen molar-refractivity contribution in [1.29, 1.82) is 0 Å². The van der Waals surface area contributed by atoms with Crippen LogP contribution in [-0.2, 0) is 19.1 Å². The van der Waals surface area contributed by atoms with Crippen LogP contribution in [0.3, 0.4) is 0 Å². The van der Waals surface area contributed by atoms with Crippen molar-refractivity contribution in [2.45, 2.75) is 63.6 Å². The molecule has 220 valence electrons. The number of ether oxygens (including phenoxy) is 3. The Bertz CT molecular complexity index is 1500. The van der Waals surface area contributed by atoms with Gasteiger partial charge in [0, 0.05) is 28.0 Å². The standard InChI is InChI=1S/C34H37NO7/c1-32-13-12-22(37)15-20(32)6-11-25-26-16-29-34(28(39)18-36,33(26,2)17-27(38)30(25)32)42-31(41-29)19-4-3-5-24(14-19)40-23-9-7-21(35)8-10-23/h3-5,7-10,12-15,25-27,29-31,36,38H,6,11,16-18,35H2,1-2H3/t25-,26-,27-,29+,30?,31-,32-,33-,34+/m0/s1. The van der Waals surface area contributed by atoms with Gasteiger partial charge in [0.25, 0.3) is 0 Å². The quantitative estimate of drug-likeness (QED) is 0.442. The van der Waals surface area contributed by atoms with Crippen molar-refractivity contribution in [2.24, 2.45) is 28.6 Å². The Balaban J connectivity index is 1.20. The van der Waals surface area contributed by atoms with Gasteiger partial charge in [0.05, 0.1) is 12.2 Å². The number of allylic oxidation sites excluding steroid dienone is 4. The molecule has 3 saturated carbocycles. The van der Waals surface area contributed by atoms with Crippen LogP contribution in [0.5, 0.6) is 11.5 Å². The first-order valence-electron chi connectivity index (χ1n) is 14.8. The normalized spacial score (nSPS) is 40.0. The van der Waals surface area contributed by atoms with E-state index >= 15 is 0 Å². The average molecular weight is 572 g/mol. The molecule has 5 aliphatic rings. The molecule has 42 heavy (non-hydrogen) atoms. The molecule has 8 heteroatoms. The second-order valence-electron chi connectivity index (χ2n) is 13.1. The molecule has 0 radical (unpaired) electrons. The summed E-state index contributed by atoms with van der Waals surface area (Å²) in [6, 6.07) is 14.5. The number of hydrogen-bond acceptors (Lipinski definition) is 8. The average Bonchev–Trinajstić information content (AvgIpc) is 3.47. The van der Waals surface area contributed by atoms with Gasteiger partial charge in [-0.2, -0.15) is 0 Å². The number of ketones is 2. The molecular formula is C34H37NO7. The lowest BCUT2D eigenvalue weighted by Gasteiger charge is -2.59. The fourth-order valence-corrected chi connectivity index (χ4v) is 9.23. The van der Waals surface area contributed by atoms with Crippen LogP contribution >= 0.6 is 0 Å². The van der Waals surface area contributed by atoms with Gasteiger partial charge in [0.2, 0.25) is 0 Å². The van der Waals surface area contributed by atoms with Crippen LogP contribution in [0.1, 0.15) is 51.4 Å². The summed E-state index contributed by atoms with van der Waals surface area (Å²) in [6.45, 7) is 3.48. The molecule has 8 nitrogen and oxygen atoms in total. The molecule has 4 fully saturated rings. The maximum Gasteiger partial charge on any atom is 0.193 e. The van der Waals surface area contributed by atoms with Crippen molar-refractivity contribution in [3.8, 4) is 11.5 Å². The Hall–Kier alpha value is -3.30. The van der Waals surface area contributed by atoms with Gasteiger partial charge in [-0.15, -0.1) is 0 Å². The minimum absolute atomic E-state index is 0.00488. The lowest BCUT2D eigenvalue weighted by molar-refractivity contribution is -0.201. The number of anilines is 1. The first kappa shape index (κ1) is 27.5. The maximum absolute atomic E-state index is 13.8. The number of aliphatic hydroxyl groups excluding tert-OH is 2. The lowest BCUT2D eigenvalue weighted by Crippen LogP contribution is -2.63. The zero-order valence-electron chi connectivity index (χ0n) is 23.9. The monoisotopic (exact) mass is 571 g/mol. The second-order valence-corrected chi connectivity index (χ2v) is 13.1. The van der Waals surface area contributed by atoms with E-state index in [-0.39, 0.29) is 23.5 Å². The zero-order valence-corrected chi connectivity index (χ0v) is 23.9. The molecular weight excluding hydrogens is 534 g/mol. The van der Waals surface area contributed by atoms with Crippen LogP contribution in [0.15, 0.2) is 72.3 Å². The molecule has 2 aromatic rings. The molecule has 4 aliphatic carbocycles. The van der Waals surface area contributed by atoms with Gasteiger partial charge in [-0.05, 0) is 86.1 Å². The van der Waals surface area contributed by atoms with Crippen LogP contribution < -0.4 is 10.5 Å². The number of benzene rings is 2. The van der Waals surface area contributed by atoms with E-state index < -0.39 is 47.3 Å². The van der Waals surface area contributed by atoms with Gasteiger partial charge < -0.3 is 30.2 Å². The Labute approximate surface area is 245 Å². The van der Waals surface area contributed by atoms with E-state index in [0.29, 0.717) is 35.6 Å². The van der Waals surface area contributed by atoms with Gasteiger partial charge in [0.1, 0.15) is 18.1 Å². The number of nitrogen functional groups attached to an aromatic ring is 1. The van der Waals surface area contributed by atoms with Crippen molar-refractivity contribution in [3.05, 3.63) is 77.9 Å². The van der Waals surface area contributed by atoms with Gasteiger partial charge >= 0.3 is 0 Å². The van der Waals surface area contributed by atoms with Crippen LogP contribution in [0.2, 0.25) is 0 Å². The SMILES string of the molecule is C[C@]12C=CC(=O)C=C1CC[C@@H]1C2[C@@H](O)C[C@@]2(C)[C@H]1C[C@H]1O[C@H](c3cccc(Oc4ccc(N)cc4)c3)O[C@]12C(=O)CO. The number of rotatable bonds is 5. The largest absolute Gasteiger partial charge is 0.457 e. The second kappa shape index (κ2) is 9.61. The molecule has 2 aromatic carbocycles. The smallest absolute Gasteiger partial charge is 0.193 e. The third-order valence-corrected chi connectivity index (χ3v) is 11.0. The van der Waals surface area contributed by atoms with E-state index in [1.807, 2.05) is 37.3 Å². The molecule has 1 aliphatic heterocycles. The topological polar surface area (TPSA) is 128 Å². The molecule has 0 aromatic heterocycles. The lowest BCUT2D eigenvalue weighted by atomic mass is 9.46. The Morgan fingerprint density at radius 1 is 1.14 bits per heavy atom. The van der Waals surface area contributed by atoms with Gasteiger partial charge in [0.15, 0.2) is 23.5 Å². The number of carbonyl (C=O) groups is 2. The number of nitrogens with two attached hydrogens (primary N) is 1. The van der Waals surface area contributed by atoms with Crippen LogP contribution in [0, 0.1) is 28.6 Å². The molecule has 1 saturated heterocycles. The molecule has 0 spiro atoms. The van der Waals surface area contributed by atoms with Gasteiger partial charge in [-0.25, -0.2) is 0 Å². The van der Waals surface area contributed by atoms with E-state index in [4.69, 9.17) is 19.9 Å². The highest BCUT2D eigenvalue weighted by atomic mass is 16.7. The third-order valence-electron chi connectivity index (χ3n) is 11.0. The fourth-order valence-electron chi connectivity index (χ4n) is 9.23. The predicted molar refractivity (Wildman–Crippen MR) is 154 cm³/mol. The minimum Gasteiger partial charge on any atom is -0.457 e. The highest BCUT2D eigenvalue weighted by molar-refractivity contribution is 6.01. The zero-order chi connectivity index (χ0) is 29.4. The van der Waals surface area contributed by atoms with Crippen LogP contribution in [-0.4, -0.2) is 46.2 Å². The Morgan fingerprint density at radius 3 is 2.69 bits per heavy atom. The Kier molecular flexibility index (Phi) is 6.30. The first-order chi connectivity index (χ1) is 20.1. The predicted octanol–water partition coefficient (Wildman–Crippen LogP) is 4.66. The summed E-state index contributed by atoms with van der Waals surface area (Å²) in [4.78, 5) is 25.9. The van der Waals surface area contributed by atoms with E-state index in [0.717, 1.165) is 18.4 Å². The van der Waals surface area contributed by atoms with Crippen LogP contribution in [0.25, 0.3) is 0 Å². The number of carbonyl (C=O) groups excluding carboxylic acids is 2. The summed E-state index contributed by atoms with van der Waals surface area (Å²) in [5, 5.41) is 22.0. The number of fused-ring (bicyclic) bond motifs is 7. The number of aliphatic hydroxyl groups is 2. The van der Waals surface area contributed by atoms with Crippen LogP contribution in [0.4, 0.5) is 5.69 Å². The van der Waals surface area contributed by atoms with E-state index in [1.54, 1.807) is 36.4 Å². The van der Waals surface area contributed by atoms with Gasteiger partial charge in [-0.3, -0.25) is 9.59 Å². The molecule has 0 amide bonds. The highest BCUT2D eigenvalue weighted by Crippen LogP contribution is 2.70. The highest BCUT2D eigenvalue weighted by Gasteiger charge is 2.75. The third kappa shape index (κ3) is 3.82. The molecule has 0 bridgehead atoms. The van der Waals surface area contributed by atoms with E-state index in [9.17, 15) is 19.8 Å². The minimum atomic E-state index is -1.40. The summed E-state index contributed by atoms with van der Waals surface area (Å²) in [5.74, 6) is 0.864. The first-order valence-corrected chi connectivity index (χ1v) is 14.8. The molecule has 9 atom stereocenters. The van der Waals surface area contributed by atoms with Crippen molar-refractivity contribution in [1.82, 2.24) is 0 Å². The molecule has 4 N–H and O–H groups in total. The van der Waals surface area contributed by atoms with Crippen molar-refractivity contribution >= 4 is 17.3 Å². The van der Waals surface area contributed by atoms with Crippen molar-refractivity contribution in [3.63, 3.8) is 0 Å². The summed E-state index contributed by atoms with van der Waals surface area (Å²) < 4.78 is 19.3. The summed E-state index contributed by atoms with van der Waals surface area (Å²) in [6.07, 6.45) is 5.71. The number of Topliss-reactive ketones (excluding diaryl/α,β-unsaturated/α-hetero) is 1. The summed E-state index contributed by atoms with van der Waals surface area (Å²) in [7, 11) is 0. The van der Waals surface area contributed by atoms with E-state index in [2.05, 4.69) is 6.92 Å². The maximum atomic E-state index is 13.8. The molecule has 1 unspecified atom stereocenters. The van der Waals surface area contributed by atoms with E-state index in [1.165, 1.54) is 0 Å². The summed E-state index contributed by atoms with van der Waals surface area (Å²) >= 11 is 0. The summed E-state index contributed by atoms with van der Waals surface area (Å²) in [5.41, 5.74) is 5.65. The fraction of sp³-hybridized carbons (Fsp3) is 0.471.